The molecule has 220 valence electrons. The van der Waals surface area contributed by atoms with E-state index in [4.69, 9.17) is 0 Å². The summed E-state index contributed by atoms with van der Waals surface area (Å²) in [6, 6.07) is 10.4. The van der Waals surface area contributed by atoms with Gasteiger partial charge in [-0.2, -0.15) is 5.10 Å². The van der Waals surface area contributed by atoms with Crippen LogP contribution in [0.15, 0.2) is 61.1 Å². The fraction of sp³-hybridized carbons (Fsp3) is 0.333. The fourth-order valence-corrected chi connectivity index (χ4v) is 6.59. The highest BCUT2D eigenvalue weighted by molar-refractivity contribution is 7.84. The second-order valence-corrected chi connectivity index (χ2v) is 12.5. The predicted octanol–water partition coefficient (Wildman–Crippen LogP) is 5.29. The van der Waals surface area contributed by atoms with E-state index in [2.05, 4.69) is 38.9 Å². The predicted molar refractivity (Wildman–Crippen MR) is 159 cm³/mol. The van der Waals surface area contributed by atoms with Gasteiger partial charge < -0.3 is 10.2 Å². The molecule has 6 rings (SSSR count). The highest BCUT2D eigenvalue weighted by Gasteiger charge is 2.27. The molecule has 0 amide bonds. The monoisotopic (exact) mass is 595 g/mol. The number of rotatable bonds is 7. The minimum atomic E-state index is -1.72. The summed E-state index contributed by atoms with van der Waals surface area (Å²) in [5.41, 5.74) is 1.67. The molecular formula is C30H32F3N7OS. The summed E-state index contributed by atoms with van der Waals surface area (Å²) in [5, 5.41) is 8.08. The first-order valence-electron chi connectivity index (χ1n) is 13.9. The maximum absolute atomic E-state index is 16.0. The van der Waals surface area contributed by atoms with Gasteiger partial charge in [0.15, 0.2) is 22.8 Å². The van der Waals surface area contributed by atoms with Gasteiger partial charge in [0.25, 0.3) is 0 Å². The maximum atomic E-state index is 16.0. The fourth-order valence-electron chi connectivity index (χ4n) is 5.53. The molecule has 2 aromatic heterocycles. The van der Waals surface area contributed by atoms with E-state index in [9.17, 15) is 8.60 Å². The molecule has 1 unspecified atom stereocenters. The van der Waals surface area contributed by atoms with Crippen LogP contribution in [-0.2, 0) is 11.2 Å². The largest absolute Gasteiger partial charge is 0.368 e. The zero-order valence-corrected chi connectivity index (χ0v) is 24.2. The van der Waals surface area contributed by atoms with E-state index in [0.717, 1.165) is 50.3 Å². The van der Waals surface area contributed by atoms with Crippen LogP contribution >= 0.6 is 0 Å². The molecule has 12 heteroatoms. The van der Waals surface area contributed by atoms with Crippen molar-refractivity contribution in [1.29, 1.82) is 0 Å². The number of anilines is 2. The lowest BCUT2D eigenvalue weighted by atomic mass is 10.0. The molecule has 0 spiro atoms. The van der Waals surface area contributed by atoms with Crippen LogP contribution < -0.4 is 14.9 Å². The second kappa shape index (κ2) is 11.5. The van der Waals surface area contributed by atoms with E-state index in [1.54, 1.807) is 34.9 Å². The Hall–Kier alpha value is -3.74. The average Bonchev–Trinajstić information content (AvgIpc) is 3.66. The van der Waals surface area contributed by atoms with Crippen LogP contribution in [0.25, 0.3) is 28.1 Å². The second-order valence-electron chi connectivity index (χ2n) is 11.2. The highest BCUT2D eigenvalue weighted by Crippen LogP contribution is 2.37. The van der Waals surface area contributed by atoms with Gasteiger partial charge in [-0.15, -0.1) is 0 Å². The lowest BCUT2D eigenvalue weighted by Crippen LogP contribution is -2.57. The van der Waals surface area contributed by atoms with Crippen molar-refractivity contribution in [3.05, 3.63) is 78.5 Å². The molecule has 2 N–H and O–H groups in total. The molecule has 4 heterocycles. The van der Waals surface area contributed by atoms with Gasteiger partial charge in [0.1, 0.15) is 17.2 Å². The number of hydrogen-bond acceptors (Lipinski definition) is 5. The lowest BCUT2D eigenvalue weighted by molar-refractivity contribution is 0.353. The van der Waals surface area contributed by atoms with Gasteiger partial charge in [0, 0.05) is 85.3 Å². The summed E-state index contributed by atoms with van der Waals surface area (Å²) >= 11 is -1.72. The van der Waals surface area contributed by atoms with Crippen LogP contribution in [0.5, 0.6) is 0 Å². The number of pyridine rings is 1. The van der Waals surface area contributed by atoms with E-state index < -0.39 is 28.6 Å². The molecule has 8 nitrogen and oxygen atoms in total. The van der Waals surface area contributed by atoms with E-state index >= 15 is 8.78 Å². The Labute approximate surface area is 245 Å². The minimum absolute atomic E-state index is 0.0888. The van der Waals surface area contributed by atoms with Crippen LogP contribution in [0.2, 0.25) is 0 Å². The normalized spacial score (nSPS) is 17.9. The lowest BCUT2D eigenvalue weighted by Gasteiger charge is -2.40. The van der Waals surface area contributed by atoms with Gasteiger partial charge in [-0.25, -0.2) is 26.4 Å². The topological polar surface area (TPSA) is 78.3 Å². The molecule has 4 aromatic rings. The Morgan fingerprint density at radius 1 is 0.976 bits per heavy atom. The summed E-state index contributed by atoms with van der Waals surface area (Å²) in [5.74, 6) is -1.99. The van der Waals surface area contributed by atoms with Gasteiger partial charge in [-0.3, -0.25) is 9.71 Å². The molecule has 2 fully saturated rings. The Bertz CT molecular complexity index is 1620. The molecule has 1 atom stereocenters. The molecule has 0 aliphatic carbocycles. The first kappa shape index (κ1) is 28.4. The summed E-state index contributed by atoms with van der Waals surface area (Å²) in [6.45, 7) is 7.69. The van der Waals surface area contributed by atoms with Crippen molar-refractivity contribution in [2.24, 2.45) is 0 Å². The number of halogens is 3. The smallest absolute Gasteiger partial charge is 0.196 e. The van der Waals surface area contributed by atoms with Gasteiger partial charge in [-0.05, 0) is 63.1 Å². The third-order valence-electron chi connectivity index (χ3n) is 7.61. The summed E-state index contributed by atoms with van der Waals surface area (Å²) in [4.78, 5) is 6.17. The van der Waals surface area contributed by atoms with Crippen molar-refractivity contribution >= 4 is 22.5 Å². The molecule has 2 aliphatic heterocycles. The number of benzene rings is 2. The maximum Gasteiger partial charge on any atom is 0.196 e. The van der Waals surface area contributed by atoms with Gasteiger partial charge >= 0.3 is 0 Å². The summed E-state index contributed by atoms with van der Waals surface area (Å²) in [7, 11) is 0. The zero-order chi connectivity index (χ0) is 29.4. The molecule has 2 saturated heterocycles. The van der Waals surface area contributed by atoms with Gasteiger partial charge in [0.2, 0.25) is 0 Å². The first-order valence-corrected chi connectivity index (χ1v) is 15.0. The molecular weight excluding hydrogens is 563 g/mol. The Balaban J connectivity index is 1.40. The standard InChI is InChI=1S/C30H32F3N7OS/c1-30(2)19-38(14-11-35-30)22-5-6-27(25(32)17-22)40-18-24(29(36-40)20-7-9-34-10-8-20)23-15-21(31)16-26(28(23)33)37-42(41)39-12-3-4-13-39/h5-10,15-18,35,37H,3-4,11-14,19H2,1-2H3. The first-order chi connectivity index (χ1) is 20.2. The van der Waals surface area contributed by atoms with Crippen LogP contribution in [0, 0.1) is 17.5 Å². The van der Waals surface area contributed by atoms with Crippen molar-refractivity contribution in [3.63, 3.8) is 0 Å². The number of aromatic nitrogens is 3. The summed E-state index contributed by atoms with van der Waals surface area (Å²) < 4.78 is 64.9. The molecule has 0 radical (unpaired) electrons. The number of piperazine rings is 1. The third-order valence-corrected chi connectivity index (χ3v) is 8.84. The van der Waals surface area contributed by atoms with E-state index in [1.807, 2.05) is 6.07 Å². The minimum Gasteiger partial charge on any atom is -0.368 e. The van der Waals surface area contributed by atoms with Crippen LogP contribution in [0.4, 0.5) is 24.5 Å². The van der Waals surface area contributed by atoms with Crippen molar-refractivity contribution in [2.45, 2.75) is 32.2 Å². The van der Waals surface area contributed by atoms with Gasteiger partial charge in [-0.1, -0.05) is 0 Å². The molecule has 2 aliphatic rings. The number of nitrogens with one attached hydrogen (secondary N) is 2. The van der Waals surface area contributed by atoms with E-state index in [-0.39, 0.29) is 28.0 Å². The van der Waals surface area contributed by atoms with Crippen molar-refractivity contribution < 1.29 is 17.4 Å². The van der Waals surface area contributed by atoms with E-state index in [1.165, 1.54) is 16.9 Å². The van der Waals surface area contributed by atoms with Crippen molar-refractivity contribution in [3.8, 4) is 28.1 Å². The molecule has 0 bridgehead atoms. The van der Waals surface area contributed by atoms with E-state index in [0.29, 0.717) is 24.3 Å². The Kier molecular flexibility index (Phi) is 7.77. The summed E-state index contributed by atoms with van der Waals surface area (Å²) in [6.07, 6.45) is 6.40. The van der Waals surface area contributed by atoms with Crippen molar-refractivity contribution in [1.82, 2.24) is 24.4 Å². The quantitative estimate of drug-likeness (QED) is 0.304. The van der Waals surface area contributed by atoms with Crippen LogP contribution in [0.3, 0.4) is 0 Å². The SMILES string of the molecule is CC1(C)CN(c2ccc(-n3cc(-c4cc(F)cc(NS(=O)N5CCCC5)c4F)c(-c4ccncc4)n3)c(F)c2)CCN1. The number of hydrogen-bond donors (Lipinski definition) is 2. The molecule has 0 saturated carbocycles. The van der Waals surface area contributed by atoms with Gasteiger partial charge in [0.05, 0.1) is 5.69 Å². The zero-order valence-electron chi connectivity index (χ0n) is 23.4. The molecule has 42 heavy (non-hydrogen) atoms. The van der Waals surface area contributed by atoms with Crippen molar-refractivity contribution in [2.75, 3.05) is 42.3 Å². The number of nitrogens with zero attached hydrogens (tertiary/aromatic N) is 5. The average molecular weight is 596 g/mol. The molecule has 2 aromatic carbocycles. The van der Waals surface area contributed by atoms with Crippen LogP contribution in [0.1, 0.15) is 26.7 Å². The highest BCUT2D eigenvalue weighted by atomic mass is 32.2. The van der Waals surface area contributed by atoms with Crippen LogP contribution in [-0.4, -0.2) is 61.5 Å². The third kappa shape index (κ3) is 5.79. The Morgan fingerprint density at radius 2 is 1.74 bits per heavy atom. The Morgan fingerprint density at radius 3 is 2.45 bits per heavy atom.